The minimum Gasteiger partial charge on any atom is -0.478 e. The molecule has 21 heavy (non-hydrogen) atoms. The van der Waals surface area contributed by atoms with Crippen LogP contribution >= 0.6 is 11.6 Å². The lowest BCUT2D eigenvalue weighted by atomic mass is 10.2. The van der Waals surface area contributed by atoms with E-state index in [0.717, 1.165) is 5.56 Å². The topological polar surface area (TPSA) is 84.2 Å². The number of aromatic nitrogens is 2. The van der Waals surface area contributed by atoms with Crippen molar-refractivity contribution in [3.05, 3.63) is 52.8 Å². The van der Waals surface area contributed by atoms with E-state index in [0.29, 0.717) is 11.6 Å². The molecule has 1 aromatic heterocycles. The van der Waals surface area contributed by atoms with E-state index in [1.807, 2.05) is 18.2 Å². The number of rotatable bonds is 5. The van der Waals surface area contributed by atoms with Crippen LogP contribution in [0.4, 0.5) is 0 Å². The number of hydrogen-bond acceptors (Lipinski definition) is 3. The molecule has 2 aromatic rings. The summed E-state index contributed by atoms with van der Waals surface area (Å²) in [6.45, 7) is 1.94. The fourth-order valence-electron chi connectivity index (χ4n) is 1.75. The predicted octanol–water partition coefficient (Wildman–Crippen LogP) is 2.11. The molecule has 7 heteroatoms. The number of hydrogen-bond donors (Lipinski definition) is 2. The normalized spacial score (nSPS) is 11.9. The first-order chi connectivity index (χ1) is 9.99. The van der Waals surface area contributed by atoms with Crippen molar-refractivity contribution >= 4 is 23.5 Å². The van der Waals surface area contributed by atoms with E-state index < -0.39 is 12.0 Å². The van der Waals surface area contributed by atoms with Crippen LogP contribution in [0.3, 0.4) is 0 Å². The summed E-state index contributed by atoms with van der Waals surface area (Å²) < 4.78 is 1.31. The summed E-state index contributed by atoms with van der Waals surface area (Å²) in [5, 5.41) is 16.0. The number of amides is 1. The van der Waals surface area contributed by atoms with Crippen molar-refractivity contribution in [1.82, 2.24) is 15.1 Å². The molecule has 0 bridgehead atoms. The Labute approximate surface area is 126 Å². The number of benzene rings is 1. The highest BCUT2D eigenvalue weighted by molar-refractivity contribution is 6.31. The van der Waals surface area contributed by atoms with E-state index >= 15 is 0 Å². The van der Waals surface area contributed by atoms with Crippen LogP contribution < -0.4 is 5.32 Å². The predicted molar refractivity (Wildman–Crippen MR) is 77.2 cm³/mol. The molecule has 1 atom stereocenters. The van der Waals surface area contributed by atoms with Gasteiger partial charge in [0.25, 0.3) is 0 Å². The van der Waals surface area contributed by atoms with Crippen molar-refractivity contribution in [1.29, 1.82) is 0 Å². The van der Waals surface area contributed by atoms with Crippen LogP contribution in [0.15, 0.2) is 36.7 Å². The molecule has 110 valence electrons. The van der Waals surface area contributed by atoms with Crippen LogP contribution in [0.2, 0.25) is 5.02 Å². The van der Waals surface area contributed by atoms with Crippen molar-refractivity contribution in [2.45, 2.75) is 19.5 Å². The highest BCUT2D eigenvalue weighted by Crippen LogP contribution is 2.15. The van der Waals surface area contributed by atoms with Gasteiger partial charge in [0.15, 0.2) is 0 Å². The lowest BCUT2D eigenvalue weighted by Gasteiger charge is -2.13. The van der Waals surface area contributed by atoms with Crippen molar-refractivity contribution in [3.8, 4) is 0 Å². The molecule has 0 fully saturated rings. The molecule has 2 N–H and O–H groups in total. The largest absolute Gasteiger partial charge is 0.478 e. The third-order valence-electron chi connectivity index (χ3n) is 3.04. The van der Waals surface area contributed by atoms with Crippen LogP contribution in [0.25, 0.3) is 0 Å². The lowest BCUT2D eigenvalue weighted by Crippen LogP contribution is -2.30. The molecule has 1 heterocycles. The number of halogens is 1. The molecule has 0 saturated carbocycles. The minimum atomic E-state index is -1.08. The van der Waals surface area contributed by atoms with Crippen LogP contribution in [0, 0.1) is 0 Å². The van der Waals surface area contributed by atoms with Crippen LogP contribution in [-0.4, -0.2) is 26.8 Å². The Hall–Kier alpha value is -2.34. The maximum atomic E-state index is 12.0. The molecule has 0 aliphatic carbocycles. The van der Waals surface area contributed by atoms with Crippen LogP contribution in [-0.2, 0) is 11.3 Å². The second-order valence-corrected chi connectivity index (χ2v) is 4.91. The Kier molecular flexibility index (Phi) is 4.59. The summed E-state index contributed by atoms with van der Waals surface area (Å²) >= 11 is 6.01. The number of carboxylic acid groups (broad SMARTS) is 1. The van der Waals surface area contributed by atoms with Gasteiger partial charge in [-0.25, -0.2) is 4.79 Å². The van der Waals surface area contributed by atoms with Gasteiger partial charge in [-0.3, -0.25) is 9.48 Å². The van der Waals surface area contributed by atoms with Gasteiger partial charge in [-0.15, -0.1) is 0 Å². The van der Waals surface area contributed by atoms with Gasteiger partial charge in [0.1, 0.15) is 6.04 Å². The summed E-state index contributed by atoms with van der Waals surface area (Å²) in [4.78, 5) is 22.8. The Morgan fingerprint density at radius 3 is 2.76 bits per heavy atom. The van der Waals surface area contributed by atoms with Gasteiger partial charge in [-0.2, -0.15) is 5.10 Å². The van der Waals surface area contributed by atoms with E-state index in [2.05, 4.69) is 10.4 Å². The molecule has 0 radical (unpaired) electrons. The number of aromatic carboxylic acids is 1. The molecule has 0 aliphatic rings. The number of carbonyl (C=O) groups is 2. The van der Waals surface area contributed by atoms with Gasteiger partial charge >= 0.3 is 5.97 Å². The average Bonchev–Trinajstić information content (AvgIpc) is 2.95. The molecule has 0 saturated heterocycles. The first kappa shape index (κ1) is 15.1. The van der Waals surface area contributed by atoms with Gasteiger partial charge in [0.2, 0.25) is 5.91 Å². The number of nitrogens with zero attached hydrogens (tertiary/aromatic N) is 2. The highest BCUT2D eigenvalue weighted by atomic mass is 35.5. The van der Waals surface area contributed by atoms with Crippen molar-refractivity contribution in [3.63, 3.8) is 0 Å². The molecule has 2 rings (SSSR count). The van der Waals surface area contributed by atoms with Gasteiger partial charge in [-0.1, -0.05) is 29.8 Å². The highest BCUT2D eigenvalue weighted by Gasteiger charge is 2.17. The summed E-state index contributed by atoms with van der Waals surface area (Å²) in [6.07, 6.45) is 2.53. The SMILES string of the molecule is CC(C(=O)NCc1ccccc1Cl)n1cc(C(=O)O)cn1. The molecule has 0 spiro atoms. The average molecular weight is 308 g/mol. The second kappa shape index (κ2) is 6.41. The van der Waals surface area contributed by atoms with Gasteiger partial charge in [-0.05, 0) is 18.6 Å². The summed E-state index contributed by atoms with van der Waals surface area (Å²) in [6, 6.07) is 6.61. The maximum Gasteiger partial charge on any atom is 0.338 e. The third-order valence-corrected chi connectivity index (χ3v) is 3.40. The molecule has 0 aliphatic heterocycles. The smallest absolute Gasteiger partial charge is 0.338 e. The van der Waals surface area contributed by atoms with Gasteiger partial charge < -0.3 is 10.4 Å². The van der Waals surface area contributed by atoms with Crippen LogP contribution in [0.5, 0.6) is 0 Å². The van der Waals surface area contributed by atoms with E-state index in [4.69, 9.17) is 16.7 Å². The summed E-state index contributed by atoms with van der Waals surface area (Å²) in [5.41, 5.74) is 0.854. The van der Waals surface area contributed by atoms with E-state index in [1.165, 1.54) is 17.1 Å². The van der Waals surface area contributed by atoms with Gasteiger partial charge in [0, 0.05) is 17.8 Å². The molecular weight excluding hydrogens is 294 g/mol. The molecular formula is C14H14ClN3O3. The zero-order chi connectivity index (χ0) is 15.4. The third kappa shape index (κ3) is 3.61. The number of carboxylic acids is 1. The molecule has 1 unspecified atom stereocenters. The molecule has 6 nitrogen and oxygen atoms in total. The molecule has 1 aromatic carbocycles. The van der Waals surface area contributed by atoms with E-state index in [1.54, 1.807) is 13.0 Å². The van der Waals surface area contributed by atoms with Crippen molar-refractivity contribution in [2.75, 3.05) is 0 Å². The minimum absolute atomic E-state index is 0.0424. The fourth-order valence-corrected chi connectivity index (χ4v) is 1.95. The second-order valence-electron chi connectivity index (χ2n) is 4.50. The lowest BCUT2D eigenvalue weighted by molar-refractivity contribution is -0.124. The fraction of sp³-hybridized carbons (Fsp3) is 0.214. The van der Waals surface area contributed by atoms with E-state index in [9.17, 15) is 9.59 Å². The Morgan fingerprint density at radius 2 is 2.14 bits per heavy atom. The van der Waals surface area contributed by atoms with Crippen LogP contribution in [0.1, 0.15) is 28.9 Å². The van der Waals surface area contributed by atoms with E-state index in [-0.39, 0.29) is 11.5 Å². The zero-order valence-electron chi connectivity index (χ0n) is 11.3. The summed E-state index contributed by atoms with van der Waals surface area (Å²) in [7, 11) is 0. The maximum absolute atomic E-state index is 12.0. The first-order valence-electron chi connectivity index (χ1n) is 6.27. The zero-order valence-corrected chi connectivity index (χ0v) is 12.0. The number of carbonyl (C=O) groups excluding carboxylic acids is 1. The van der Waals surface area contributed by atoms with Crippen molar-refractivity contribution in [2.24, 2.45) is 0 Å². The van der Waals surface area contributed by atoms with Crippen molar-refractivity contribution < 1.29 is 14.7 Å². The number of nitrogens with one attached hydrogen (secondary N) is 1. The Bertz CT molecular complexity index is 669. The summed E-state index contributed by atoms with van der Waals surface area (Å²) in [5.74, 6) is -1.35. The first-order valence-corrected chi connectivity index (χ1v) is 6.65. The Morgan fingerprint density at radius 1 is 1.43 bits per heavy atom. The standard InChI is InChI=1S/C14H14ClN3O3/c1-9(18-8-11(7-17-18)14(20)21)13(19)16-6-10-4-2-3-5-12(10)15/h2-5,7-9H,6H2,1H3,(H,16,19)(H,20,21). The monoisotopic (exact) mass is 307 g/mol. The van der Waals surface area contributed by atoms with Gasteiger partial charge in [0.05, 0.1) is 11.8 Å². The Balaban J connectivity index is 1.99. The quantitative estimate of drug-likeness (QED) is 0.886. The molecule has 1 amide bonds.